The van der Waals surface area contributed by atoms with Crippen molar-refractivity contribution < 1.29 is 4.74 Å². The van der Waals surface area contributed by atoms with Crippen LogP contribution < -0.4 is 5.32 Å². The first-order valence-corrected chi connectivity index (χ1v) is 5.19. The molecule has 1 aliphatic rings. The molecule has 0 unspecified atom stereocenters. The van der Waals surface area contributed by atoms with E-state index in [1.807, 2.05) is 0 Å². The lowest BCUT2D eigenvalue weighted by Crippen LogP contribution is -2.56. The number of hydrogen-bond donors (Lipinski definition) is 1. The summed E-state index contributed by atoms with van der Waals surface area (Å²) >= 11 is 0. The maximum absolute atomic E-state index is 5.52. The second-order valence-corrected chi connectivity index (χ2v) is 4.26. The summed E-state index contributed by atoms with van der Waals surface area (Å²) in [5.41, 5.74) is 0. The highest BCUT2D eigenvalue weighted by molar-refractivity contribution is 4.82. The van der Waals surface area contributed by atoms with E-state index in [-0.39, 0.29) is 0 Å². The average Bonchev–Trinajstić information content (AvgIpc) is 1.94. The van der Waals surface area contributed by atoms with Crippen molar-refractivity contribution in [2.24, 2.45) is 5.92 Å². The molecule has 0 saturated carbocycles. The smallest absolute Gasteiger partial charge is 0.0593 e. The molecule has 0 amide bonds. The van der Waals surface area contributed by atoms with Crippen molar-refractivity contribution in [3.8, 4) is 0 Å². The first-order valence-electron chi connectivity index (χ1n) is 5.19. The fourth-order valence-corrected chi connectivity index (χ4v) is 1.30. The van der Waals surface area contributed by atoms with Crippen LogP contribution >= 0.6 is 0 Å². The summed E-state index contributed by atoms with van der Waals surface area (Å²) in [5.74, 6) is 0.649. The molecule has 78 valence electrons. The van der Waals surface area contributed by atoms with Crippen LogP contribution in [-0.2, 0) is 4.74 Å². The van der Waals surface area contributed by atoms with Crippen LogP contribution in [0.25, 0.3) is 0 Å². The molecule has 13 heavy (non-hydrogen) atoms. The van der Waals surface area contributed by atoms with Crippen molar-refractivity contribution in [2.75, 3.05) is 39.9 Å². The van der Waals surface area contributed by atoms with Gasteiger partial charge in [-0.25, -0.2) is 0 Å². The van der Waals surface area contributed by atoms with Crippen LogP contribution in [0.5, 0.6) is 0 Å². The van der Waals surface area contributed by atoms with E-state index in [1.165, 1.54) is 0 Å². The van der Waals surface area contributed by atoms with E-state index in [9.17, 15) is 0 Å². The van der Waals surface area contributed by atoms with Gasteiger partial charge in [-0.15, -0.1) is 0 Å². The Labute approximate surface area is 81.4 Å². The molecule has 1 aliphatic heterocycles. The Hall–Kier alpha value is -0.120. The van der Waals surface area contributed by atoms with E-state index >= 15 is 0 Å². The molecule has 0 bridgehead atoms. The third kappa shape index (κ3) is 4.07. The fraction of sp³-hybridized carbons (Fsp3) is 1.00. The number of rotatable bonds is 6. The maximum Gasteiger partial charge on any atom is 0.0593 e. The molecule has 1 fully saturated rings. The van der Waals surface area contributed by atoms with Crippen LogP contribution in [0.2, 0.25) is 0 Å². The third-order valence-corrected chi connectivity index (χ3v) is 2.42. The van der Waals surface area contributed by atoms with Crippen LogP contribution in [-0.4, -0.2) is 50.8 Å². The Morgan fingerprint density at radius 1 is 1.46 bits per heavy atom. The molecule has 1 heterocycles. The average molecular weight is 186 g/mol. The number of likely N-dealkylation sites (N-methyl/N-ethyl adjacent to an activating group) is 1. The molecule has 0 aromatic heterocycles. The molecular formula is C10H22N2O. The molecule has 0 atom stereocenters. The molecule has 1 N–H and O–H groups in total. The predicted octanol–water partition coefficient (Wildman–Crippen LogP) is 0.563. The Bertz CT molecular complexity index is 135. The van der Waals surface area contributed by atoms with E-state index < -0.39 is 0 Å². The molecular weight excluding hydrogens is 164 g/mol. The van der Waals surface area contributed by atoms with Crippen LogP contribution in [0.15, 0.2) is 0 Å². The first-order chi connectivity index (χ1) is 6.20. The van der Waals surface area contributed by atoms with Crippen LogP contribution in [0.1, 0.15) is 13.8 Å². The van der Waals surface area contributed by atoms with Gasteiger partial charge in [0.15, 0.2) is 0 Å². The number of nitrogens with zero attached hydrogens (tertiary/aromatic N) is 1. The Morgan fingerprint density at radius 2 is 2.15 bits per heavy atom. The van der Waals surface area contributed by atoms with Crippen molar-refractivity contribution in [1.29, 1.82) is 0 Å². The molecule has 1 saturated heterocycles. The van der Waals surface area contributed by atoms with E-state index in [0.717, 1.165) is 38.9 Å². The van der Waals surface area contributed by atoms with Gasteiger partial charge in [-0.3, -0.25) is 4.90 Å². The van der Waals surface area contributed by atoms with Gasteiger partial charge in [0.25, 0.3) is 0 Å². The summed E-state index contributed by atoms with van der Waals surface area (Å²) < 4.78 is 5.52. The van der Waals surface area contributed by atoms with Gasteiger partial charge in [-0.2, -0.15) is 0 Å². The fourth-order valence-electron chi connectivity index (χ4n) is 1.30. The van der Waals surface area contributed by atoms with Gasteiger partial charge in [-0.05, 0) is 13.0 Å². The zero-order valence-electron chi connectivity index (χ0n) is 9.05. The van der Waals surface area contributed by atoms with Crippen molar-refractivity contribution in [2.45, 2.75) is 19.9 Å². The standard InChI is InChI=1S/C10H22N2O/c1-9(2)8-13-5-4-12(3)10-6-11-7-10/h9-11H,4-8H2,1-3H3. The summed E-state index contributed by atoms with van der Waals surface area (Å²) in [7, 11) is 2.17. The number of hydrogen-bond acceptors (Lipinski definition) is 3. The van der Waals surface area contributed by atoms with Gasteiger partial charge in [0.1, 0.15) is 0 Å². The highest BCUT2D eigenvalue weighted by atomic mass is 16.5. The van der Waals surface area contributed by atoms with E-state index in [4.69, 9.17) is 4.74 Å². The Balaban J connectivity index is 1.92. The molecule has 0 radical (unpaired) electrons. The molecule has 1 rings (SSSR count). The van der Waals surface area contributed by atoms with Crippen LogP contribution in [0, 0.1) is 5.92 Å². The molecule has 3 heteroatoms. The molecule has 0 aliphatic carbocycles. The monoisotopic (exact) mass is 186 g/mol. The molecule has 0 aromatic carbocycles. The zero-order valence-corrected chi connectivity index (χ0v) is 9.05. The minimum Gasteiger partial charge on any atom is -0.380 e. The summed E-state index contributed by atoms with van der Waals surface area (Å²) in [4.78, 5) is 2.37. The van der Waals surface area contributed by atoms with Gasteiger partial charge in [0.05, 0.1) is 6.61 Å². The predicted molar refractivity (Wildman–Crippen MR) is 54.9 cm³/mol. The van der Waals surface area contributed by atoms with Gasteiger partial charge in [0.2, 0.25) is 0 Å². The summed E-state index contributed by atoms with van der Waals surface area (Å²) in [6.45, 7) is 9.45. The van der Waals surface area contributed by atoms with E-state index in [0.29, 0.717) is 5.92 Å². The topological polar surface area (TPSA) is 24.5 Å². The van der Waals surface area contributed by atoms with Crippen LogP contribution in [0.3, 0.4) is 0 Å². The van der Waals surface area contributed by atoms with Crippen molar-refractivity contribution >= 4 is 0 Å². The summed E-state index contributed by atoms with van der Waals surface area (Å²) in [6.07, 6.45) is 0. The SMILES string of the molecule is CC(C)COCCN(C)C1CNC1. The lowest BCUT2D eigenvalue weighted by molar-refractivity contribution is 0.0724. The number of nitrogens with one attached hydrogen (secondary N) is 1. The Kier molecular flexibility index (Phi) is 4.70. The van der Waals surface area contributed by atoms with E-state index in [1.54, 1.807) is 0 Å². The highest BCUT2D eigenvalue weighted by Crippen LogP contribution is 2.01. The second-order valence-electron chi connectivity index (χ2n) is 4.26. The Morgan fingerprint density at radius 3 is 2.62 bits per heavy atom. The third-order valence-electron chi connectivity index (χ3n) is 2.42. The van der Waals surface area contributed by atoms with Crippen molar-refractivity contribution in [3.05, 3.63) is 0 Å². The molecule has 0 spiro atoms. The zero-order chi connectivity index (χ0) is 9.68. The van der Waals surface area contributed by atoms with Gasteiger partial charge in [-0.1, -0.05) is 13.8 Å². The quantitative estimate of drug-likeness (QED) is 0.614. The second kappa shape index (κ2) is 5.58. The van der Waals surface area contributed by atoms with Gasteiger partial charge in [0, 0.05) is 32.3 Å². The first kappa shape index (κ1) is 11.0. The highest BCUT2D eigenvalue weighted by Gasteiger charge is 2.20. The lowest BCUT2D eigenvalue weighted by Gasteiger charge is -2.35. The lowest BCUT2D eigenvalue weighted by atomic mass is 10.1. The van der Waals surface area contributed by atoms with Crippen LogP contribution in [0.4, 0.5) is 0 Å². The minimum atomic E-state index is 0.649. The van der Waals surface area contributed by atoms with Crippen molar-refractivity contribution in [3.63, 3.8) is 0 Å². The summed E-state index contributed by atoms with van der Waals surface area (Å²) in [6, 6.07) is 0.739. The van der Waals surface area contributed by atoms with Gasteiger partial charge >= 0.3 is 0 Å². The normalized spacial score (nSPS) is 18.2. The molecule has 0 aromatic rings. The number of ether oxygens (including phenoxy) is 1. The van der Waals surface area contributed by atoms with Crippen molar-refractivity contribution in [1.82, 2.24) is 10.2 Å². The summed E-state index contributed by atoms with van der Waals surface area (Å²) in [5, 5.41) is 3.27. The largest absolute Gasteiger partial charge is 0.380 e. The maximum atomic E-state index is 5.52. The van der Waals surface area contributed by atoms with E-state index in [2.05, 4.69) is 31.1 Å². The minimum absolute atomic E-state index is 0.649. The molecule has 3 nitrogen and oxygen atoms in total. The van der Waals surface area contributed by atoms with Gasteiger partial charge < -0.3 is 10.1 Å².